The Morgan fingerprint density at radius 1 is 0.955 bits per heavy atom. The van der Waals surface area contributed by atoms with Crippen LogP contribution >= 0.6 is 23.2 Å². The molecule has 5 rings (SSSR count). The number of nitrogens with zero attached hydrogens (tertiary/aromatic N) is 3. The molecule has 1 spiro atoms. The molecule has 10 nitrogen and oxygen atoms in total. The normalized spacial score (nSPS) is 16.8. The maximum absolute atomic E-state index is 14.0. The molecule has 0 saturated carbocycles. The molecule has 0 bridgehead atoms. The second-order valence-corrected chi connectivity index (χ2v) is 13.7. The highest BCUT2D eigenvalue weighted by Crippen LogP contribution is 2.40. The quantitative estimate of drug-likeness (QED) is 0.357. The van der Waals surface area contributed by atoms with Gasteiger partial charge >= 0.3 is 0 Å². The largest absolute Gasteiger partial charge is 0.354 e. The number of anilines is 2. The van der Waals surface area contributed by atoms with E-state index in [0.29, 0.717) is 28.7 Å². The SMILES string of the molecule is CC(=O)Nc1ccc(S(=O)(=O)N2CCC3(CC2)C(=O)N(CC(=O)NCCc2ccc(Cl)cc2Cl)CN3c2ccccc2)cc1. The van der Waals surface area contributed by atoms with Gasteiger partial charge in [0, 0.05) is 48.0 Å². The second-order valence-electron chi connectivity index (χ2n) is 10.9. The number of nitrogens with one attached hydrogen (secondary N) is 2. The third-order valence-corrected chi connectivity index (χ3v) is 10.5. The van der Waals surface area contributed by atoms with Crippen LogP contribution in [0.2, 0.25) is 10.0 Å². The Hall–Kier alpha value is -3.64. The first-order chi connectivity index (χ1) is 21.0. The zero-order valence-corrected chi connectivity index (χ0v) is 26.5. The van der Waals surface area contributed by atoms with Crippen molar-refractivity contribution >= 4 is 62.3 Å². The summed E-state index contributed by atoms with van der Waals surface area (Å²) in [6, 6.07) is 20.7. The van der Waals surface area contributed by atoms with Crippen molar-refractivity contribution < 1.29 is 22.8 Å². The Kier molecular flexibility index (Phi) is 9.50. The summed E-state index contributed by atoms with van der Waals surface area (Å²) in [6.45, 7) is 2.07. The van der Waals surface area contributed by atoms with E-state index in [9.17, 15) is 22.8 Å². The van der Waals surface area contributed by atoms with Crippen LogP contribution in [0.1, 0.15) is 25.3 Å². The highest BCUT2D eigenvalue weighted by atomic mass is 35.5. The molecule has 2 saturated heterocycles. The maximum atomic E-state index is 14.0. The van der Waals surface area contributed by atoms with Crippen molar-refractivity contribution in [1.82, 2.24) is 14.5 Å². The summed E-state index contributed by atoms with van der Waals surface area (Å²) < 4.78 is 28.3. The molecule has 0 unspecified atom stereocenters. The van der Waals surface area contributed by atoms with Crippen molar-refractivity contribution in [3.05, 3.63) is 88.4 Å². The lowest BCUT2D eigenvalue weighted by Crippen LogP contribution is -2.57. The lowest BCUT2D eigenvalue weighted by atomic mass is 9.86. The Bertz CT molecular complexity index is 1650. The van der Waals surface area contributed by atoms with E-state index in [1.165, 1.54) is 28.3 Å². The third kappa shape index (κ3) is 6.71. The van der Waals surface area contributed by atoms with Gasteiger partial charge in [-0.15, -0.1) is 0 Å². The number of hydrogen-bond acceptors (Lipinski definition) is 6. The van der Waals surface area contributed by atoms with E-state index in [0.717, 1.165) is 11.3 Å². The van der Waals surface area contributed by atoms with Crippen molar-refractivity contribution in [2.75, 3.05) is 43.1 Å². The Morgan fingerprint density at radius 3 is 2.27 bits per heavy atom. The molecule has 2 N–H and O–H groups in total. The van der Waals surface area contributed by atoms with Gasteiger partial charge in [-0.25, -0.2) is 8.42 Å². The minimum Gasteiger partial charge on any atom is -0.354 e. The van der Waals surface area contributed by atoms with Crippen LogP contribution in [0, 0.1) is 0 Å². The number of benzene rings is 3. The summed E-state index contributed by atoms with van der Waals surface area (Å²) in [5, 5.41) is 6.56. The predicted molar refractivity (Wildman–Crippen MR) is 170 cm³/mol. The molecular weight excluding hydrogens is 625 g/mol. The number of carbonyl (C=O) groups is 3. The van der Waals surface area contributed by atoms with Crippen LogP contribution in [0.25, 0.3) is 0 Å². The van der Waals surface area contributed by atoms with Crippen LogP contribution in [-0.2, 0) is 30.8 Å². The number of rotatable bonds is 9. The first kappa shape index (κ1) is 31.8. The van der Waals surface area contributed by atoms with Gasteiger partial charge in [-0.2, -0.15) is 4.31 Å². The van der Waals surface area contributed by atoms with Crippen molar-refractivity contribution in [1.29, 1.82) is 0 Å². The number of para-hydroxylation sites is 1. The van der Waals surface area contributed by atoms with Gasteiger partial charge in [0.25, 0.3) is 0 Å². The van der Waals surface area contributed by atoms with Gasteiger partial charge < -0.3 is 20.4 Å². The monoisotopic (exact) mass is 657 g/mol. The lowest BCUT2D eigenvalue weighted by Gasteiger charge is -2.42. The van der Waals surface area contributed by atoms with Crippen LogP contribution in [-0.4, -0.2) is 73.7 Å². The fourth-order valence-corrected chi connectivity index (χ4v) is 7.72. The summed E-state index contributed by atoms with van der Waals surface area (Å²) in [5.74, 6) is -0.745. The van der Waals surface area contributed by atoms with Crippen LogP contribution in [0.4, 0.5) is 11.4 Å². The van der Waals surface area contributed by atoms with Crippen molar-refractivity contribution in [3.63, 3.8) is 0 Å². The molecule has 2 heterocycles. The summed E-state index contributed by atoms with van der Waals surface area (Å²) in [4.78, 5) is 41.9. The molecule has 3 aromatic rings. The molecule has 0 radical (unpaired) electrons. The molecule has 44 heavy (non-hydrogen) atoms. The van der Waals surface area contributed by atoms with Crippen LogP contribution < -0.4 is 15.5 Å². The topological polar surface area (TPSA) is 119 Å². The van der Waals surface area contributed by atoms with Gasteiger partial charge in [0.05, 0.1) is 11.6 Å². The Labute approximate surface area is 267 Å². The smallest absolute Gasteiger partial charge is 0.250 e. The molecule has 2 aliphatic heterocycles. The summed E-state index contributed by atoms with van der Waals surface area (Å²) in [6.07, 6.45) is 1.03. The van der Waals surface area contributed by atoms with Crippen molar-refractivity contribution in [2.45, 2.75) is 36.6 Å². The van der Waals surface area contributed by atoms with Gasteiger partial charge in [0.15, 0.2) is 0 Å². The van der Waals surface area contributed by atoms with Crippen molar-refractivity contribution in [3.8, 4) is 0 Å². The molecule has 0 aromatic heterocycles. The zero-order chi connectivity index (χ0) is 31.5. The van der Waals surface area contributed by atoms with Crippen molar-refractivity contribution in [2.24, 2.45) is 0 Å². The molecule has 2 aliphatic rings. The number of carbonyl (C=O) groups excluding carboxylic acids is 3. The highest BCUT2D eigenvalue weighted by Gasteiger charge is 2.55. The lowest BCUT2D eigenvalue weighted by molar-refractivity contribution is -0.137. The molecule has 232 valence electrons. The molecular formula is C31H33Cl2N5O5S. The summed E-state index contributed by atoms with van der Waals surface area (Å²) in [5.41, 5.74) is 1.20. The molecule has 3 amide bonds. The first-order valence-electron chi connectivity index (χ1n) is 14.2. The number of amides is 3. The van der Waals surface area contributed by atoms with E-state index in [-0.39, 0.29) is 61.8 Å². The van der Waals surface area contributed by atoms with Crippen LogP contribution in [0.15, 0.2) is 77.7 Å². The minimum atomic E-state index is -3.83. The molecule has 0 aliphatic carbocycles. The molecule has 3 aromatic carbocycles. The minimum absolute atomic E-state index is 0.110. The van der Waals surface area contributed by atoms with Gasteiger partial charge in [-0.3, -0.25) is 14.4 Å². The van der Waals surface area contributed by atoms with E-state index >= 15 is 0 Å². The standard InChI is InChI=1S/C31H33Cl2N5O5S/c1-22(39)35-25-9-11-27(12-10-25)44(42,43)37-17-14-31(15-18-37)30(41)36(21-38(31)26-5-3-2-4-6-26)20-29(40)34-16-13-23-7-8-24(32)19-28(23)33/h2-12,19H,13-18,20-21H2,1H3,(H,34,40)(H,35,39). The fourth-order valence-electron chi connectivity index (χ4n) is 5.77. The fraction of sp³-hybridized carbons (Fsp3) is 0.323. The predicted octanol–water partition coefficient (Wildman–Crippen LogP) is 4.14. The van der Waals surface area contributed by atoms with Gasteiger partial charge in [-0.05, 0) is 73.4 Å². The summed E-state index contributed by atoms with van der Waals surface area (Å²) >= 11 is 12.2. The molecule has 2 fully saturated rings. The van der Waals surface area contributed by atoms with E-state index < -0.39 is 15.6 Å². The van der Waals surface area contributed by atoms with E-state index in [2.05, 4.69) is 10.6 Å². The average Bonchev–Trinajstić information content (AvgIpc) is 3.25. The van der Waals surface area contributed by atoms with E-state index in [1.54, 1.807) is 24.3 Å². The van der Waals surface area contributed by atoms with Gasteiger partial charge in [0.1, 0.15) is 12.1 Å². The number of piperidine rings is 1. The van der Waals surface area contributed by atoms with E-state index in [4.69, 9.17) is 23.2 Å². The molecule has 0 atom stereocenters. The number of sulfonamides is 1. The Morgan fingerprint density at radius 2 is 1.64 bits per heavy atom. The van der Waals surface area contributed by atoms with Crippen LogP contribution in [0.3, 0.4) is 0 Å². The highest BCUT2D eigenvalue weighted by molar-refractivity contribution is 7.89. The van der Waals surface area contributed by atoms with E-state index in [1.807, 2.05) is 41.3 Å². The number of halogens is 2. The van der Waals surface area contributed by atoms with Gasteiger partial charge in [0.2, 0.25) is 27.7 Å². The first-order valence-corrected chi connectivity index (χ1v) is 16.4. The number of hydrogen-bond donors (Lipinski definition) is 2. The average molecular weight is 659 g/mol. The summed E-state index contributed by atoms with van der Waals surface area (Å²) in [7, 11) is -3.83. The van der Waals surface area contributed by atoms with Crippen LogP contribution in [0.5, 0.6) is 0 Å². The zero-order valence-electron chi connectivity index (χ0n) is 24.1. The maximum Gasteiger partial charge on any atom is 0.250 e. The second kappa shape index (κ2) is 13.2. The third-order valence-electron chi connectivity index (χ3n) is 8.01. The van der Waals surface area contributed by atoms with Gasteiger partial charge in [-0.1, -0.05) is 47.5 Å². The molecule has 13 heteroatoms. The Balaban J connectivity index is 1.27.